The number of piperazine rings is 1. The van der Waals surface area contributed by atoms with Crippen LogP contribution in [-0.2, 0) is 14.3 Å². The predicted octanol–water partition coefficient (Wildman–Crippen LogP) is 1.32. The summed E-state index contributed by atoms with van der Waals surface area (Å²) in [6.45, 7) is 10.3. The minimum Gasteiger partial charge on any atom is -0.377 e. The lowest BCUT2D eigenvalue weighted by atomic mass is 9.85. The molecule has 2 amide bonds. The van der Waals surface area contributed by atoms with Crippen LogP contribution in [0.15, 0.2) is 0 Å². The van der Waals surface area contributed by atoms with E-state index in [2.05, 4.69) is 5.32 Å². The number of rotatable bonds is 5. The highest BCUT2D eigenvalue weighted by atomic mass is 16.5. The van der Waals surface area contributed by atoms with Crippen LogP contribution in [0, 0.1) is 5.92 Å². The molecule has 1 unspecified atom stereocenters. The van der Waals surface area contributed by atoms with Crippen molar-refractivity contribution in [3.8, 4) is 0 Å². The summed E-state index contributed by atoms with van der Waals surface area (Å²) in [5.41, 5.74) is -1.55. The second kappa shape index (κ2) is 5.02. The van der Waals surface area contributed by atoms with Gasteiger partial charge in [0, 0.05) is 6.54 Å². The van der Waals surface area contributed by atoms with Gasteiger partial charge in [0.15, 0.2) is 0 Å². The average molecular weight is 282 g/mol. The second-order valence-electron chi connectivity index (χ2n) is 6.87. The van der Waals surface area contributed by atoms with Crippen LogP contribution >= 0.6 is 0 Å². The van der Waals surface area contributed by atoms with Crippen LogP contribution in [0.25, 0.3) is 0 Å². The van der Waals surface area contributed by atoms with Crippen molar-refractivity contribution in [1.82, 2.24) is 10.2 Å². The molecular weight excluding hydrogens is 256 g/mol. The van der Waals surface area contributed by atoms with Gasteiger partial charge in [-0.3, -0.25) is 9.59 Å². The minimum absolute atomic E-state index is 0.0250. The first kappa shape index (κ1) is 15.3. The van der Waals surface area contributed by atoms with Crippen LogP contribution in [0.5, 0.6) is 0 Å². The van der Waals surface area contributed by atoms with Crippen LogP contribution in [0.3, 0.4) is 0 Å². The third-order valence-electron chi connectivity index (χ3n) is 4.45. The number of amides is 2. The highest BCUT2D eigenvalue weighted by Crippen LogP contribution is 2.43. The van der Waals surface area contributed by atoms with E-state index in [0.29, 0.717) is 13.2 Å². The van der Waals surface area contributed by atoms with Gasteiger partial charge >= 0.3 is 0 Å². The molecule has 114 valence electrons. The molecule has 0 aromatic heterocycles. The Bertz CT molecular complexity index is 415. The maximum Gasteiger partial charge on any atom is 0.249 e. The largest absolute Gasteiger partial charge is 0.377 e. The molecule has 1 saturated carbocycles. The molecule has 5 nitrogen and oxygen atoms in total. The molecule has 0 spiro atoms. The van der Waals surface area contributed by atoms with Crippen LogP contribution in [-0.4, -0.2) is 47.0 Å². The summed E-state index contributed by atoms with van der Waals surface area (Å²) in [7, 11) is 0. The first-order valence-electron chi connectivity index (χ1n) is 7.46. The van der Waals surface area contributed by atoms with Gasteiger partial charge in [0.2, 0.25) is 11.8 Å². The first-order chi connectivity index (χ1) is 9.19. The standard InChI is InChI=1S/C15H26N2O3/c1-10(2)20-9-8-17-13(19)15(5,11-6-7-11)16-12(18)14(17,3)4/h10-11H,6-9H2,1-5H3,(H,16,18). The third-order valence-corrected chi connectivity index (χ3v) is 4.45. The van der Waals surface area contributed by atoms with E-state index in [9.17, 15) is 9.59 Å². The third kappa shape index (κ3) is 2.55. The monoisotopic (exact) mass is 282 g/mol. The number of nitrogens with zero attached hydrogens (tertiary/aromatic N) is 1. The summed E-state index contributed by atoms with van der Waals surface area (Å²) >= 11 is 0. The number of carbonyl (C=O) groups is 2. The van der Waals surface area contributed by atoms with Crippen LogP contribution in [0.1, 0.15) is 47.5 Å². The maximum absolute atomic E-state index is 12.8. The molecule has 0 aromatic carbocycles. The van der Waals surface area contributed by atoms with E-state index in [0.717, 1.165) is 12.8 Å². The molecule has 2 fully saturated rings. The lowest BCUT2D eigenvalue weighted by molar-refractivity contribution is -0.162. The van der Waals surface area contributed by atoms with Gasteiger partial charge in [0.25, 0.3) is 0 Å². The minimum atomic E-state index is -0.814. The van der Waals surface area contributed by atoms with E-state index in [1.165, 1.54) is 0 Å². The topological polar surface area (TPSA) is 58.6 Å². The molecule has 1 aliphatic carbocycles. The fourth-order valence-corrected chi connectivity index (χ4v) is 2.80. The smallest absolute Gasteiger partial charge is 0.249 e. The first-order valence-corrected chi connectivity index (χ1v) is 7.46. The van der Waals surface area contributed by atoms with Crippen molar-refractivity contribution in [3.05, 3.63) is 0 Å². The molecule has 0 aromatic rings. The van der Waals surface area contributed by atoms with Crippen molar-refractivity contribution in [2.45, 2.75) is 64.6 Å². The van der Waals surface area contributed by atoms with Crippen molar-refractivity contribution in [3.63, 3.8) is 0 Å². The van der Waals surface area contributed by atoms with E-state index in [4.69, 9.17) is 4.74 Å². The van der Waals surface area contributed by atoms with E-state index in [1.807, 2.05) is 20.8 Å². The zero-order chi connectivity index (χ0) is 15.1. The van der Waals surface area contributed by atoms with Gasteiger partial charge < -0.3 is 15.0 Å². The molecule has 0 bridgehead atoms. The Morgan fingerprint density at radius 3 is 2.40 bits per heavy atom. The SMILES string of the molecule is CC(C)OCCN1C(=O)C(C)(C2CC2)NC(=O)C1(C)C. The van der Waals surface area contributed by atoms with Gasteiger partial charge in [-0.1, -0.05) is 0 Å². The fraction of sp³-hybridized carbons (Fsp3) is 0.867. The Morgan fingerprint density at radius 1 is 1.30 bits per heavy atom. The van der Waals surface area contributed by atoms with E-state index in [1.54, 1.807) is 18.7 Å². The summed E-state index contributed by atoms with van der Waals surface area (Å²) in [6.07, 6.45) is 2.15. The summed E-state index contributed by atoms with van der Waals surface area (Å²) in [5, 5.41) is 2.95. The van der Waals surface area contributed by atoms with Crippen LogP contribution in [0.4, 0.5) is 0 Å². The van der Waals surface area contributed by atoms with Gasteiger partial charge in [0.05, 0.1) is 12.7 Å². The van der Waals surface area contributed by atoms with Gasteiger partial charge in [-0.25, -0.2) is 0 Å². The molecule has 1 N–H and O–H groups in total. The molecule has 2 aliphatic rings. The molecule has 1 heterocycles. The lowest BCUT2D eigenvalue weighted by Crippen LogP contribution is -2.74. The zero-order valence-corrected chi connectivity index (χ0v) is 13.2. The van der Waals surface area contributed by atoms with Gasteiger partial charge in [-0.15, -0.1) is 0 Å². The molecule has 1 atom stereocenters. The predicted molar refractivity (Wildman–Crippen MR) is 76.2 cm³/mol. The highest BCUT2D eigenvalue weighted by Gasteiger charge is 2.57. The Balaban J connectivity index is 2.15. The molecular formula is C15H26N2O3. The summed E-state index contributed by atoms with van der Waals surface area (Å²) in [5.74, 6) is 0.233. The molecule has 1 saturated heterocycles. The fourth-order valence-electron chi connectivity index (χ4n) is 2.80. The number of nitrogens with one attached hydrogen (secondary N) is 1. The number of hydrogen-bond donors (Lipinski definition) is 1. The Labute approximate surface area is 121 Å². The van der Waals surface area contributed by atoms with Crippen molar-refractivity contribution < 1.29 is 14.3 Å². The molecule has 2 rings (SSSR count). The summed E-state index contributed by atoms with van der Waals surface area (Å²) < 4.78 is 5.54. The summed E-state index contributed by atoms with van der Waals surface area (Å²) in [6, 6.07) is 0. The maximum atomic E-state index is 12.8. The molecule has 1 aliphatic heterocycles. The van der Waals surface area contributed by atoms with Crippen molar-refractivity contribution >= 4 is 11.8 Å². The number of ether oxygens (including phenoxy) is 1. The Morgan fingerprint density at radius 2 is 1.90 bits per heavy atom. The van der Waals surface area contributed by atoms with Crippen molar-refractivity contribution in [2.24, 2.45) is 5.92 Å². The quantitative estimate of drug-likeness (QED) is 0.827. The number of hydrogen-bond acceptors (Lipinski definition) is 3. The van der Waals surface area contributed by atoms with Gasteiger partial charge in [0.1, 0.15) is 11.1 Å². The Hall–Kier alpha value is -1.10. The normalized spacial score (nSPS) is 29.8. The second-order valence-corrected chi connectivity index (χ2v) is 6.87. The lowest BCUT2D eigenvalue weighted by Gasteiger charge is -2.49. The Kier molecular flexibility index (Phi) is 3.84. The summed E-state index contributed by atoms with van der Waals surface area (Å²) in [4.78, 5) is 26.9. The zero-order valence-electron chi connectivity index (χ0n) is 13.2. The highest BCUT2D eigenvalue weighted by molar-refractivity contribution is 6.02. The molecule has 0 radical (unpaired) electrons. The molecule has 20 heavy (non-hydrogen) atoms. The van der Waals surface area contributed by atoms with E-state index in [-0.39, 0.29) is 23.8 Å². The van der Waals surface area contributed by atoms with Crippen LogP contribution in [0.2, 0.25) is 0 Å². The molecule has 5 heteroatoms. The van der Waals surface area contributed by atoms with Crippen molar-refractivity contribution in [1.29, 1.82) is 0 Å². The van der Waals surface area contributed by atoms with Gasteiger partial charge in [-0.05, 0) is 53.4 Å². The van der Waals surface area contributed by atoms with Gasteiger partial charge in [-0.2, -0.15) is 0 Å². The number of carbonyl (C=O) groups excluding carboxylic acids is 2. The van der Waals surface area contributed by atoms with Crippen LogP contribution < -0.4 is 5.32 Å². The average Bonchev–Trinajstić information content (AvgIpc) is 3.15. The van der Waals surface area contributed by atoms with Crippen molar-refractivity contribution in [2.75, 3.05) is 13.2 Å². The van der Waals surface area contributed by atoms with E-state index >= 15 is 0 Å². The van der Waals surface area contributed by atoms with E-state index < -0.39 is 11.1 Å².